The summed E-state index contributed by atoms with van der Waals surface area (Å²) in [5, 5.41) is 2.69. The van der Waals surface area contributed by atoms with Gasteiger partial charge in [0.15, 0.2) is 0 Å². The Balaban J connectivity index is 2.18. The Morgan fingerprint density at radius 3 is 2.89 bits per heavy atom. The summed E-state index contributed by atoms with van der Waals surface area (Å²) in [6.07, 6.45) is 0. The zero-order valence-electron chi connectivity index (χ0n) is 11.2. The van der Waals surface area contributed by atoms with Gasteiger partial charge in [-0.25, -0.2) is 0 Å². The monoisotopic (exact) mass is 278 g/mol. The molecule has 19 heavy (non-hydrogen) atoms. The van der Waals surface area contributed by atoms with Gasteiger partial charge in [-0.15, -0.1) is 11.8 Å². The van der Waals surface area contributed by atoms with Crippen molar-refractivity contribution in [3.05, 3.63) is 35.4 Å². The molecule has 1 saturated heterocycles. The van der Waals surface area contributed by atoms with Gasteiger partial charge in [0.2, 0.25) is 11.8 Å². The molecule has 0 aromatic heterocycles. The Labute approximate surface area is 117 Å². The molecule has 1 aliphatic rings. The molecule has 1 fully saturated rings. The number of thioether (sulfide) groups is 1. The predicted octanol–water partition coefficient (Wildman–Crippen LogP) is 1.71. The van der Waals surface area contributed by atoms with E-state index in [9.17, 15) is 9.59 Å². The lowest BCUT2D eigenvalue weighted by Crippen LogP contribution is -2.39. The Morgan fingerprint density at radius 2 is 2.21 bits per heavy atom. The Kier molecular flexibility index (Phi) is 4.47. The van der Waals surface area contributed by atoms with E-state index in [4.69, 9.17) is 0 Å². The van der Waals surface area contributed by atoms with Crippen molar-refractivity contribution >= 4 is 23.6 Å². The van der Waals surface area contributed by atoms with E-state index in [-0.39, 0.29) is 23.7 Å². The molecule has 1 aromatic carbocycles. The van der Waals surface area contributed by atoms with Gasteiger partial charge in [0.05, 0.1) is 5.75 Å². The van der Waals surface area contributed by atoms with Crippen LogP contribution in [0.4, 0.5) is 0 Å². The fourth-order valence-electron chi connectivity index (χ4n) is 2.15. The largest absolute Gasteiger partial charge is 0.355 e. The van der Waals surface area contributed by atoms with E-state index in [0.29, 0.717) is 12.3 Å². The Hall–Kier alpha value is -1.49. The molecule has 2 rings (SSSR count). The molecule has 0 spiro atoms. The van der Waals surface area contributed by atoms with Crippen molar-refractivity contribution in [3.8, 4) is 0 Å². The molecule has 0 bridgehead atoms. The molecule has 0 aliphatic carbocycles. The minimum absolute atomic E-state index is 0.0320. The summed E-state index contributed by atoms with van der Waals surface area (Å²) in [7, 11) is 0. The number of likely N-dealkylation sites (N-methyl/N-ethyl adjacent to an activating group) is 1. The van der Waals surface area contributed by atoms with Crippen LogP contribution in [0.5, 0.6) is 0 Å². The van der Waals surface area contributed by atoms with Crippen LogP contribution >= 0.6 is 11.8 Å². The van der Waals surface area contributed by atoms with Crippen LogP contribution in [0.1, 0.15) is 23.4 Å². The molecular weight excluding hydrogens is 260 g/mol. The van der Waals surface area contributed by atoms with Crippen molar-refractivity contribution in [2.24, 2.45) is 0 Å². The van der Waals surface area contributed by atoms with E-state index in [1.807, 2.05) is 38.1 Å². The van der Waals surface area contributed by atoms with Gasteiger partial charge in [-0.05, 0) is 25.0 Å². The number of hydrogen-bond acceptors (Lipinski definition) is 3. The second-order valence-electron chi connectivity index (χ2n) is 4.50. The molecule has 0 radical (unpaired) electrons. The van der Waals surface area contributed by atoms with Crippen LogP contribution in [0, 0.1) is 6.92 Å². The zero-order valence-corrected chi connectivity index (χ0v) is 12.0. The Morgan fingerprint density at radius 1 is 1.47 bits per heavy atom. The van der Waals surface area contributed by atoms with Gasteiger partial charge >= 0.3 is 0 Å². The fraction of sp³-hybridized carbons (Fsp3) is 0.429. The van der Waals surface area contributed by atoms with Crippen molar-refractivity contribution in [1.82, 2.24) is 10.2 Å². The molecule has 0 unspecified atom stereocenters. The highest BCUT2D eigenvalue weighted by Crippen LogP contribution is 2.39. The number of nitrogens with one attached hydrogen (secondary N) is 1. The summed E-state index contributed by atoms with van der Waals surface area (Å²) in [5.74, 6) is 0.375. The van der Waals surface area contributed by atoms with Gasteiger partial charge in [-0.2, -0.15) is 0 Å². The van der Waals surface area contributed by atoms with Crippen LogP contribution in [0.25, 0.3) is 0 Å². The van der Waals surface area contributed by atoms with Gasteiger partial charge in [-0.1, -0.05) is 24.3 Å². The molecule has 1 atom stereocenters. The van der Waals surface area contributed by atoms with E-state index in [1.54, 1.807) is 16.7 Å². The summed E-state index contributed by atoms with van der Waals surface area (Å²) in [6.45, 7) is 4.63. The molecule has 1 aliphatic heterocycles. The lowest BCUT2D eigenvalue weighted by molar-refractivity contribution is -0.133. The molecule has 2 amide bonds. The van der Waals surface area contributed by atoms with Crippen LogP contribution in [0.15, 0.2) is 24.3 Å². The van der Waals surface area contributed by atoms with Crippen molar-refractivity contribution in [3.63, 3.8) is 0 Å². The molecule has 1 heterocycles. The third kappa shape index (κ3) is 3.10. The number of amides is 2. The van der Waals surface area contributed by atoms with E-state index < -0.39 is 0 Å². The van der Waals surface area contributed by atoms with Crippen molar-refractivity contribution < 1.29 is 9.59 Å². The van der Waals surface area contributed by atoms with Crippen LogP contribution in [0.3, 0.4) is 0 Å². The minimum Gasteiger partial charge on any atom is -0.355 e. The molecule has 0 saturated carbocycles. The quantitative estimate of drug-likeness (QED) is 0.912. The molecule has 1 N–H and O–H groups in total. The first kappa shape index (κ1) is 13.9. The predicted molar refractivity (Wildman–Crippen MR) is 76.8 cm³/mol. The highest BCUT2D eigenvalue weighted by molar-refractivity contribution is 8.00. The van der Waals surface area contributed by atoms with Crippen LogP contribution in [-0.4, -0.2) is 35.6 Å². The second kappa shape index (κ2) is 6.10. The number of aryl methyl sites for hydroxylation is 1. The third-order valence-electron chi connectivity index (χ3n) is 3.11. The SMILES string of the molecule is CCNC(=O)CN1C(=O)CS[C@@H]1c1ccccc1C. The van der Waals surface area contributed by atoms with Gasteiger partial charge in [-0.3, -0.25) is 9.59 Å². The fourth-order valence-corrected chi connectivity index (χ4v) is 3.44. The molecule has 102 valence electrons. The highest BCUT2D eigenvalue weighted by Gasteiger charge is 2.34. The highest BCUT2D eigenvalue weighted by atomic mass is 32.2. The molecular formula is C14H18N2O2S. The first-order valence-corrected chi connectivity index (χ1v) is 7.41. The number of hydrogen-bond donors (Lipinski definition) is 1. The third-order valence-corrected chi connectivity index (χ3v) is 4.35. The normalized spacial score (nSPS) is 18.7. The van der Waals surface area contributed by atoms with Crippen LogP contribution < -0.4 is 5.32 Å². The van der Waals surface area contributed by atoms with Crippen molar-refractivity contribution in [1.29, 1.82) is 0 Å². The summed E-state index contributed by atoms with van der Waals surface area (Å²) >= 11 is 1.58. The maximum absolute atomic E-state index is 11.9. The first-order chi connectivity index (χ1) is 9.13. The van der Waals surface area contributed by atoms with Gasteiger partial charge < -0.3 is 10.2 Å². The zero-order chi connectivity index (χ0) is 13.8. The van der Waals surface area contributed by atoms with Gasteiger partial charge in [0.25, 0.3) is 0 Å². The summed E-state index contributed by atoms with van der Waals surface area (Å²) in [6, 6.07) is 8.00. The average Bonchev–Trinajstić information content (AvgIpc) is 2.72. The van der Waals surface area contributed by atoms with Crippen LogP contribution in [0.2, 0.25) is 0 Å². The number of benzene rings is 1. The van der Waals surface area contributed by atoms with Crippen molar-refractivity contribution in [2.45, 2.75) is 19.2 Å². The lowest BCUT2D eigenvalue weighted by atomic mass is 10.1. The maximum Gasteiger partial charge on any atom is 0.239 e. The van der Waals surface area contributed by atoms with Gasteiger partial charge in [0, 0.05) is 6.54 Å². The van der Waals surface area contributed by atoms with Gasteiger partial charge in [0.1, 0.15) is 11.9 Å². The number of rotatable bonds is 4. The molecule has 5 heteroatoms. The summed E-state index contributed by atoms with van der Waals surface area (Å²) in [4.78, 5) is 25.3. The van der Waals surface area contributed by atoms with E-state index >= 15 is 0 Å². The number of carbonyl (C=O) groups excluding carboxylic acids is 2. The minimum atomic E-state index is -0.100. The molecule has 1 aromatic rings. The van der Waals surface area contributed by atoms with Crippen molar-refractivity contribution in [2.75, 3.05) is 18.8 Å². The molecule has 4 nitrogen and oxygen atoms in total. The van der Waals surface area contributed by atoms with Crippen LogP contribution in [-0.2, 0) is 9.59 Å². The Bertz CT molecular complexity index is 490. The summed E-state index contributed by atoms with van der Waals surface area (Å²) < 4.78 is 0. The standard InChI is InChI=1S/C14H18N2O2S/c1-3-15-12(17)8-16-13(18)9-19-14(16)11-7-5-4-6-10(11)2/h4-7,14H,3,8-9H2,1-2H3,(H,15,17)/t14-/m1/s1. The average molecular weight is 278 g/mol. The topological polar surface area (TPSA) is 49.4 Å². The van der Waals surface area contributed by atoms with E-state index in [0.717, 1.165) is 11.1 Å². The maximum atomic E-state index is 11.9. The lowest BCUT2D eigenvalue weighted by Gasteiger charge is -2.24. The number of carbonyl (C=O) groups is 2. The van der Waals surface area contributed by atoms with E-state index in [2.05, 4.69) is 5.32 Å². The summed E-state index contributed by atoms with van der Waals surface area (Å²) in [5.41, 5.74) is 2.26. The first-order valence-electron chi connectivity index (χ1n) is 6.36. The number of nitrogens with zero attached hydrogens (tertiary/aromatic N) is 1. The smallest absolute Gasteiger partial charge is 0.239 e. The van der Waals surface area contributed by atoms with E-state index in [1.165, 1.54) is 0 Å². The second-order valence-corrected chi connectivity index (χ2v) is 5.56.